The zero-order chi connectivity index (χ0) is 25.4. The predicted molar refractivity (Wildman–Crippen MR) is 146 cm³/mol. The molecule has 0 bridgehead atoms. The van der Waals surface area contributed by atoms with Crippen molar-refractivity contribution in [2.75, 3.05) is 27.3 Å². The van der Waals surface area contributed by atoms with Gasteiger partial charge in [0.1, 0.15) is 12.3 Å². The summed E-state index contributed by atoms with van der Waals surface area (Å²) in [5, 5.41) is 0. The van der Waals surface area contributed by atoms with Gasteiger partial charge in [-0.1, -0.05) is 101 Å². The van der Waals surface area contributed by atoms with Crippen molar-refractivity contribution in [1.82, 2.24) is 0 Å². The number of carbonyl (C=O) groups excluding carboxylic acids is 1. The molecule has 0 aliphatic rings. The first kappa shape index (κ1) is 28.9. The lowest BCUT2D eigenvalue weighted by molar-refractivity contribution is -0.919. The maximum atomic E-state index is 12.8. The second-order valence-electron chi connectivity index (χ2n) is 10.2. The van der Waals surface area contributed by atoms with Gasteiger partial charge in [0.2, 0.25) is 0 Å². The summed E-state index contributed by atoms with van der Waals surface area (Å²) in [6, 6.07) is 18.5. The van der Waals surface area contributed by atoms with Gasteiger partial charge in [0.25, 0.3) is 0 Å². The van der Waals surface area contributed by atoms with Crippen molar-refractivity contribution in [2.45, 2.75) is 90.6 Å². The Kier molecular flexibility index (Phi) is 13.5. The molecule has 35 heavy (non-hydrogen) atoms. The number of quaternary nitrogens is 1. The summed E-state index contributed by atoms with van der Waals surface area (Å²) in [5.41, 5.74) is 2.51. The summed E-state index contributed by atoms with van der Waals surface area (Å²) in [7, 11) is 4.21. The molecule has 0 saturated carbocycles. The summed E-state index contributed by atoms with van der Waals surface area (Å²) in [6.07, 6.45) is 11.7. The van der Waals surface area contributed by atoms with Crippen LogP contribution in [0, 0.1) is 0 Å². The molecular weight excluding hydrogens is 434 g/mol. The molecule has 4 nitrogen and oxygen atoms in total. The van der Waals surface area contributed by atoms with Crippen LogP contribution in [0.5, 0.6) is 5.75 Å². The van der Waals surface area contributed by atoms with E-state index < -0.39 is 0 Å². The van der Waals surface area contributed by atoms with Gasteiger partial charge in [-0.2, -0.15) is 0 Å². The fourth-order valence-electron chi connectivity index (χ4n) is 4.74. The number of nitrogens with zero attached hydrogens (tertiary/aromatic N) is 1. The van der Waals surface area contributed by atoms with Crippen molar-refractivity contribution < 1.29 is 18.8 Å². The minimum atomic E-state index is -0.182. The zero-order valence-corrected chi connectivity index (χ0v) is 22.6. The average Bonchev–Trinajstić information content (AvgIpc) is 2.84. The number of hydrogen-bond acceptors (Lipinski definition) is 3. The molecule has 194 valence electrons. The first-order chi connectivity index (χ1) is 17.0. The second-order valence-corrected chi connectivity index (χ2v) is 10.2. The van der Waals surface area contributed by atoms with E-state index in [0.29, 0.717) is 24.1 Å². The summed E-state index contributed by atoms with van der Waals surface area (Å²) in [4.78, 5) is 12.8. The van der Waals surface area contributed by atoms with Gasteiger partial charge in [-0.15, -0.1) is 0 Å². The van der Waals surface area contributed by atoms with Crippen molar-refractivity contribution in [2.24, 2.45) is 0 Å². The fraction of sp³-hybridized carbons (Fsp3) is 0.581. The quantitative estimate of drug-likeness (QED) is 0.127. The molecule has 1 atom stereocenters. The Bertz CT molecular complexity index is 834. The predicted octanol–water partition coefficient (Wildman–Crippen LogP) is 7.35. The van der Waals surface area contributed by atoms with Crippen LogP contribution in [0.2, 0.25) is 0 Å². The van der Waals surface area contributed by atoms with Crippen molar-refractivity contribution in [1.29, 1.82) is 0 Å². The Labute approximate surface area is 214 Å². The van der Waals surface area contributed by atoms with Gasteiger partial charge in [-0.25, -0.2) is 4.79 Å². The van der Waals surface area contributed by atoms with Gasteiger partial charge in [-0.05, 0) is 24.5 Å². The van der Waals surface area contributed by atoms with E-state index in [2.05, 4.69) is 58.3 Å². The molecule has 2 aromatic carbocycles. The Morgan fingerprint density at radius 3 is 2.17 bits per heavy atom. The van der Waals surface area contributed by atoms with Gasteiger partial charge >= 0.3 is 5.97 Å². The SMILES string of the molecule is CCCCCCCCCc1ccccc1OCCCOC(=O)C(CC)[N+](C)(C)Cc1ccccc1. The van der Waals surface area contributed by atoms with E-state index in [0.717, 1.165) is 25.1 Å². The monoisotopic (exact) mass is 482 g/mol. The van der Waals surface area contributed by atoms with Crippen LogP contribution >= 0.6 is 0 Å². The first-order valence-electron chi connectivity index (χ1n) is 13.7. The lowest BCUT2D eigenvalue weighted by Crippen LogP contribution is -2.52. The van der Waals surface area contributed by atoms with Crippen LogP contribution < -0.4 is 4.74 Å². The Hall–Kier alpha value is -2.33. The van der Waals surface area contributed by atoms with Crippen LogP contribution in [0.15, 0.2) is 54.6 Å². The number of para-hydroxylation sites is 1. The van der Waals surface area contributed by atoms with Crippen molar-refractivity contribution >= 4 is 5.97 Å². The van der Waals surface area contributed by atoms with Crippen LogP contribution in [0.25, 0.3) is 0 Å². The molecule has 1 unspecified atom stereocenters. The number of hydrogen-bond donors (Lipinski definition) is 0. The van der Waals surface area contributed by atoms with Gasteiger partial charge in [0.15, 0.2) is 6.04 Å². The minimum Gasteiger partial charge on any atom is -0.493 e. The number of benzene rings is 2. The Morgan fingerprint density at radius 1 is 0.800 bits per heavy atom. The van der Waals surface area contributed by atoms with Crippen molar-refractivity contribution in [3.8, 4) is 5.75 Å². The van der Waals surface area contributed by atoms with Crippen LogP contribution in [-0.4, -0.2) is 43.8 Å². The second kappa shape index (κ2) is 16.4. The number of unbranched alkanes of at least 4 members (excludes halogenated alkanes) is 6. The molecule has 0 N–H and O–H groups in total. The molecular formula is C31H48NO3+. The van der Waals surface area contributed by atoms with Crippen molar-refractivity contribution in [3.05, 3.63) is 65.7 Å². The molecule has 0 aromatic heterocycles. The van der Waals surface area contributed by atoms with E-state index in [1.807, 2.05) is 24.3 Å². The highest BCUT2D eigenvalue weighted by molar-refractivity contribution is 5.74. The largest absolute Gasteiger partial charge is 0.493 e. The zero-order valence-electron chi connectivity index (χ0n) is 22.6. The average molecular weight is 483 g/mol. The molecule has 2 aromatic rings. The van der Waals surface area contributed by atoms with Gasteiger partial charge in [0.05, 0.1) is 27.3 Å². The Morgan fingerprint density at radius 2 is 1.46 bits per heavy atom. The highest BCUT2D eigenvalue weighted by Gasteiger charge is 2.34. The topological polar surface area (TPSA) is 35.5 Å². The van der Waals surface area contributed by atoms with E-state index in [-0.39, 0.29) is 12.0 Å². The maximum absolute atomic E-state index is 12.8. The number of aryl methyl sites for hydroxylation is 1. The molecule has 0 heterocycles. The maximum Gasteiger partial charge on any atom is 0.364 e. The standard InChI is InChI=1S/C31H48NO3/c1-5-7-8-9-10-11-15-21-28-22-16-17-23-30(28)34-24-18-25-35-31(33)29(6-2)32(3,4)26-27-19-13-12-14-20-27/h12-14,16-17,19-20,22-23,29H,5-11,15,18,21,24-26H2,1-4H3/q+1. The molecule has 0 radical (unpaired) electrons. The lowest BCUT2D eigenvalue weighted by atomic mass is 10.0. The third-order valence-electron chi connectivity index (χ3n) is 6.75. The molecule has 0 saturated heterocycles. The van der Waals surface area contributed by atoms with Crippen LogP contribution in [0.3, 0.4) is 0 Å². The fourth-order valence-corrected chi connectivity index (χ4v) is 4.74. The molecule has 0 fully saturated rings. The van der Waals surface area contributed by atoms with E-state index in [4.69, 9.17) is 9.47 Å². The van der Waals surface area contributed by atoms with E-state index in [1.54, 1.807) is 0 Å². The first-order valence-corrected chi connectivity index (χ1v) is 13.7. The number of likely N-dealkylation sites (N-methyl/N-ethyl adjacent to an activating group) is 1. The number of ether oxygens (including phenoxy) is 2. The smallest absolute Gasteiger partial charge is 0.364 e. The summed E-state index contributed by atoms with van der Waals surface area (Å²) in [6.45, 7) is 6.06. The molecule has 0 aliphatic heterocycles. The van der Waals surface area contributed by atoms with E-state index in [1.165, 1.54) is 56.1 Å². The lowest BCUT2D eigenvalue weighted by Gasteiger charge is -2.36. The number of esters is 1. The normalized spacial score (nSPS) is 12.3. The molecule has 0 aliphatic carbocycles. The van der Waals surface area contributed by atoms with Gasteiger partial charge in [0, 0.05) is 18.4 Å². The number of rotatable bonds is 18. The summed E-state index contributed by atoms with van der Waals surface area (Å²) >= 11 is 0. The Balaban J connectivity index is 1.71. The highest BCUT2D eigenvalue weighted by Crippen LogP contribution is 2.22. The molecule has 2 rings (SSSR count). The highest BCUT2D eigenvalue weighted by atomic mass is 16.5. The summed E-state index contributed by atoms with van der Waals surface area (Å²) in [5.74, 6) is 0.852. The molecule has 4 heteroatoms. The van der Waals surface area contributed by atoms with Crippen molar-refractivity contribution in [3.63, 3.8) is 0 Å². The molecule has 0 amide bonds. The minimum absolute atomic E-state index is 0.118. The summed E-state index contributed by atoms with van der Waals surface area (Å²) < 4.78 is 12.3. The van der Waals surface area contributed by atoms with E-state index >= 15 is 0 Å². The van der Waals surface area contributed by atoms with Crippen LogP contribution in [0.4, 0.5) is 0 Å². The van der Waals surface area contributed by atoms with Gasteiger partial charge < -0.3 is 14.0 Å². The third kappa shape index (κ3) is 10.9. The van der Waals surface area contributed by atoms with Crippen LogP contribution in [-0.2, 0) is 22.5 Å². The molecule has 0 spiro atoms. The third-order valence-corrected chi connectivity index (χ3v) is 6.75. The van der Waals surface area contributed by atoms with Gasteiger partial charge in [-0.3, -0.25) is 0 Å². The number of carbonyl (C=O) groups is 1. The van der Waals surface area contributed by atoms with E-state index in [9.17, 15) is 4.79 Å². The van der Waals surface area contributed by atoms with Crippen LogP contribution in [0.1, 0.15) is 82.8 Å².